The molecule has 1 aromatic rings. The van der Waals surface area contributed by atoms with Crippen molar-refractivity contribution in [2.45, 2.75) is 31.2 Å². The summed E-state index contributed by atoms with van der Waals surface area (Å²) < 4.78 is 0.748. The first kappa shape index (κ1) is 13.4. The van der Waals surface area contributed by atoms with Gasteiger partial charge in [-0.05, 0) is 43.9 Å². The maximum Gasteiger partial charge on any atom is 0.252 e. The fourth-order valence-corrected chi connectivity index (χ4v) is 3.08. The third kappa shape index (κ3) is 2.85. The van der Waals surface area contributed by atoms with Crippen LogP contribution >= 0.6 is 27.5 Å². The van der Waals surface area contributed by atoms with Gasteiger partial charge in [0.05, 0.1) is 6.07 Å². The van der Waals surface area contributed by atoms with E-state index in [1.807, 2.05) is 0 Å². The number of hydrogen-bond acceptors (Lipinski definition) is 2. The Bertz CT molecular complexity index is 498. The van der Waals surface area contributed by atoms with E-state index in [9.17, 15) is 10.1 Å². The molecule has 5 heteroatoms. The summed E-state index contributed by atoms with van der Waals surface area (Å²) in [5, 5.41) is 12.5. The smallest absolute Gasteiger partial charge is 0.252 e. The summed E-state index contributed by atoms with van der Waals surface area (Å²) in [5.41, 5.74) is -0.234. The molecule has 3 nitrogen and oxygen atoms in total. The van der Waals surface area contributed by atoms with E-state index < -0.39 is 5.54 Å². The van der Waals surface area contributed by atoms with Crippen molar-refractivity contribution < 1.29 is 4.79 Å². The summed E-state index contributed by atoms with van der Waals surface area (Å²) in [6.45, 7) is 0. The molecular formula is C13H12BrClN2O. The molecule has 0 radical (unpaired) electrons. The van der Waals surface area contributed by atoms with Crippen LogP contribution in [0.1, 0.15) is 36.0 Å². The summed E-state index contributed by atoms with van der Waals surface area (Å²) in [6, 6.07) is 7.24. The number of halogens is 2. The minimum absolute atomic E-state index is 0.248. The van der Waals surface area contributed by atoms with Gasteiger partial charge in [0, 0.05) is 15.1 Å². The average Bonchev–Trinajstić information content (AvgIpc) is 2.77. The van der Waals surface area contributed by atoms with E-state index >= 15 is 0 Å². The number of amides is 1. The van der Waals surface area contributed by atoms with E-state index in [0.29, 0.717) is 10.6 Å². The predicted octanol–water partition coefficient (Wildman–Crippen LogP) is 3.67. The number of nitrogens with one attached hydrogen (secondary N) is 1. The zero-order valence-electron chi connectivity index (χ0n) is 9.67. The SMILES string of the molecule is N#CC1(NC(=O)c2cc(Cl)cc(Br)c2)CCCC1. The topological polar surface area (TPSA) is 52.9 Å². The Morgan fingerprint density at radius 2 is 2.06 bits per heavy atom. The van der Waals surface area contributed by atoms with Gasteiger partial charge in [0.25, 0.3) is 5.91 Å². The Labute approximate surface area is 119 Å². The highest BCUT2D eigenvalue weighted by molar-refractivity contribution is 9.10. The van der Waals surface area contributed by atoms with Gasteiger partial charge in [-0.1, -0.05) is 27.5 Å². The number of rotatable bonds is 2. The van der Waals surface area contributed by atoms with Crippen LogP contribution < -0.4 is 5.32 Å². The quantitative estimate of drug-likeness (QED) is 0.901. The molecule has 0 unspecified atom stereocenters. The molecule has 1 amide bonds. The fraction of sp³-hybridized carbons (Fsp3) is 0.385. The molecule has 0 aromatic heterocycles. The largest absolute Gasteiger partial charge is 0.334 e. The van der Waals surface area contributed by atoms with Gasteiger partial charge in [-0.2, -0.15) is 5.26 Å². The van der Waals surface area contributed by atoms with Gasteiger partial charge in [0.2, 0.25) is 0 Å². The van der Waals surface area contributed by atoms with E-state index in [-0.39, 0.29) is 5.91 Å². The lowest BCUT2D eigenvalue weighted by Gasteiger charge is -2.22. The Morgan fingerprint density at radius 3 is 2.61 bits per heavy atom. The van der Waals surface area contributed by atoms with E-state index in [4.69, 9.17) is 11.6 Å². The molecule has 1 N–H and O–H groups in total. The van der Waals surface area contributed by atoms with Gasteiger partial charge >= 0.3 is 0 Å². The lowest BCUT2D eigenvalue weighted by Crippen LogP contribution is -2.45. The molecule has 0 heterocycles. The van der Waals surface area contributed by atoms with Gasteiger partial charge in [0.15, 0.2) is 0 Å². The van der Waals surface area contributed by atoms with E-state index in [1.165, 1.54) is 0 Å². The van der Waals surface area contributed by atoms with Gasteiger partial charge in [-0.3, -0.25) is 4.79 Å². The van der Waals surface area contributed by atoms with E-state index in [0.717, 1.165) is 30.2 Å². The number of benzene rings is 1. The summed E-state index contributed by atoms with van der Waals surface area (Å²) in [6.07, 6.45) is 3.40. The van der Waals surface area contributed by atoms with Crippen molar-refractivity contribution >= 4 is 33.4 Å². The van der Waals surface area contributed by atoms with Gasteiger partial charge in [-0.15, -0.1) is 0 Å². The molecule has 0 saturated heterocycles. The molecule has 2 rings (SSSR count). The molecule has 1 aliphatic carbocycles. The minimum Gasteiger partial charge on any atom is -0.334 e. The average molecular weight is 328 g/mol. The number of carbonyl (C=O) groups is 1. The highest BCUT2D eigenvalue weighted by atomic mass is 79.9. The molecule has 1 aromatic carbocycles. The Morgan fingerprint density at radius 1 is 1.39 bits per heavy atom. The molecule has 0 spiro atoms. The zero-order chi connectivity index (χ0) is 13.2. The standard InChI is InChI=1S/C13H12BrClN2O/c14-10-5-9(6-11(15)7-10)12(18)17-13(8-16)3-1-2-4-13/h5-7H,1-4H2,(H,17,18). The number of hydrogen-bond donors (Lipinski definition) is 1. The number of carbonyl (C=O) groups excluding carboxylic acids is 1. The predicted molar refractivity (Wildman–Crippen MR) is 73.4 cm³/mol. The van der Waals surface area contributed by atoms with Crippen LogP contribution in [0.2, 0.25) is 5.02 Å². The molecule has 0 bridgehead atoms. The third-order valence-corrected chi connectivity index (χ3v) is 3.82. The van der Waals surface area contributed by atoms with Crippen molar-refractivity contribution in [3.05, 3.63) is 33.3 Å². The first-order valence-corrected chi connectivity index (χ1v) is 6.92. The molecule has 0 atom stereocenters. The van der Waals surface area contributed by atoms with Crippen LogP contribution in [-0.2, 0) is 0 Å². The summed E-state index contributed by atoms with van der Waals surface area (Å²) in [7, 11) is 0. The lowest BCUT2D eigenvalue weighted by atomic mass is 9.99. The van der Waals surface area contributed by atoms with Crippen LogP contribution in [0.5, 0.6) is 0 Å². The van der Waals surface area contributed by atoms with Crippen LogP contribution in [0.4, 0.5) is 0 Å². The molecule has 1 fully saturated rings. The first-order valence-electron chi connectivity index (χ1n) is 5.74. The van der Waals surface area contributed by atoms with Crippen LogP contribution in [0, 0.1) is 11.3 Å². The van der Waals surface area contributed by atoms with E-state index in [1.54, 1.807) is 18.2 Å². The molecule has 1 aliphatic rings. The molecule has 1 saturated carbocycles. The zero-order valence-corrected chi connectivity index (χ0v) is 12.0. The monoisotopic (exact) mass is 326 g/mol. The van der Waals surface area contributed by atoms with Crippen molar-refractivity contribution in [3.63, 3.8) is 0 Å². The molecule has 0 aliphatic heterocycles. The molecular weight excluding hydrogens is 316 g/mol. The fourth-order valence-electron chi connectivity index (χ4n) is 2.22. The maximum atomic E-state index is 12.1. The summed E-state index contributed by atoms with van der Waals surface area (Å²) in [5.74, 6) is -0.248. The van der Waals surface area contributed by atoms with Crippen molar-refractivity contribution in [1.82, 2.24) is 5.32 Å². The summed E-state index contributed by atoms with van der Waals surface area (Å²) in [4.78, 5) is 12.1. The van der Waals surface area contributed by atoms with Crippen LogP contribution in [0.15, 0.2) is 22.7 Å². The van der Waals surface area contributed by atoms with Gasteiger partial charge < -0.3 is 5.32 Å². The highest BCUT2D eigenvalue weighted by Crippen LogP contribution is 2.29. The second-order valence-corrected chi connectivity index (χ2v) is 5.87. The minimum atomic E-state index is -0.703. The highest BCUT2D eigenvalue weighted by Gasteiger charge is 2.35. The normalized spacial score (nSPS) is 17.2. The van der Waals surface area contributed by atoms with E-state index in [2.05, 4.69) is 27.3 Å². The van der Waals surface area contributed by atoms with Crippen molar-refractivity contribution in [2.24, 2.45) is 0 Å². The number of nitrogens with zero attached hydrogens (tertiary/aromatic N) is 1. The lowest BCUT2D eigenvalue weighted by molar-refractivity contribution is 0.0920. The maximum absolute atomic E-state index is 12.1. The van der Waals surface area contributed by atoms with Crippen LogP contribution in [0.3, 0.4) is 0 Å². The van der Waals surface area contributed by atoms with Crippen LogP contribution in [0.25, 0.3) is 0 Å². The van der Waals surface area contributed by atoms with Crippen molar-refractivity contribution in [1.29, 1.82) is 5.26 Å². The van der Waals surface area contributed by atoms with Gasteiger partial charge in [0.1, 0.15) is 5.54 Å². The van der Waals surface area contributed by atoms with Crippen LogP contribution in [-0.4, -0.2) is 11.4 Å². The third-order valence-electron chi connectivity index (χ3n) is 3.15. The Balaban J connectivity index is 2.19. The second-order valence-electron chi connectivity index (χ2n) is 4.51. The van der Waals surface area contributed by atoms with Gasteiger partial charge in [-0.25, -0.2) is 0 Å². The summed E-state index contributed by atoms with van der Waals surface area (Å²) >= 11 is 9.20. The first-order chi connectivity index (χ1) is 8.54. The van der Waals surface area contributed by atoms with Crippen molar-refractivity contribution in [2.75, 3.05) is 0 Å². The van der Waals surface area contributed by atoms with Crippen molar-refractivity contribution in [3.8, 4) is 6.07 Å². The molecule has 94 valence electrons. The Kier molecular flexibility index (Phi) is 3.94. The second kappa shape index (κ2) is 5.29. The molecule has 18 heavy (non-hydrogen) atoms. The number of nitriles is 1. The Hall–Kier alpha value is -1.05.